The first-order valence-corrected chi connectivity index (χ1v) is 6.60. The SMILES string of the molecule is Cc1nnc(SCc2ccccc2Cl)s1. The second kappa shape index (κ2) is 4.96. The van der Waals surface area contributed by atoms with E-state index in [-0.39, 0.29) is 0 Å². The van der Waals surface area contributed by atoms with Crippen LogP contribution in [0.5, 0.6) is 0 Å². The summed E-state index contributed by atoms with van der Waals surface area (Å²) < 4.78 is 0.993. The fourth-order valence-corrected chi connectivity index (χ4v) is 3.19. The van der Waals surface area contributed by atoms with Crippen molar-refractivity contribution < 1.29 is 0 Å². The highest BCUT2D eigenvalue weighted by Crippen LogP contribution is 2.28. The van der Waals surface area contributed by atoms with Crippen molar-refractivity contribution in [3.05, 3.63) is 39.9 Å². The van der Waals surface area contributed by atoms with E-state index in [9.17, 15) is 0 Å². The molecule has 0 unspecified atom stereocenters. The van der Waals surface area contributed by atoms with E-state index in [1.165, 1.54) is 0 Å². The number of aryl methyl sites for hydroxylation is 1. The van der Waals surface area contributed by atoms with Crippen molar-refractivity contribution in [1.29, 1.82) is 0 Å². The van der Waals surface area contributed by atoms with Gasteiger partial charge in [0.15, 0.2) is 4.34 Å². The molecule has 0 atom stereocenters. The van der Waals surface area contributed by atoms with Crippen molar-refractivity contribution in [2.24, 2.45) is 0 Å². The van der Waals surface area contributed by atoms with Crippen LogP contribution in [0.4, 0.5) is 0 Å². The first kappa shape index (κ1) is 10.9. The van der Waals surface area contributed by atoms with Gasteiger partial charge in [-0.3, -0.25) is 0 Å². The van der Waals surface area contributed by atoms with Crippen LogP contribution in [0.15, 0.2) is 28.6 Å². The van der Waals surface area contributed by atoms with E-state index in [4.69, 9.17) is 11.6 Å². The Balaban J connectivity index is 2.02. The van der Waals surface area contributed by atoms with Crippen LogP contribution in [0, 0.1) is 6.92 Å². The van der Waals surface area contributed by atoms with Crippen LogP contribution in [0.3, 0.4) is 0 Å². The monoisotopic (exact) mass is 256 g/mol. The molecule has 5 heteroatoms. The van der Waals surface area contributed by atoms with Crippen LogP contribution < -0.4 is 0 Å². The zero-order valence-corrected chi connectivity index (χ0v) is 10.5. The van der Waals surface area contributed by atoms with Gasteiger partial charge in [0.25, 0.3) is 0 Å². The number of halogens is 1. The van der Waals surface area contributed by atoms with Crippen molar-refractivity contribution in [1.82, 2.24) is 10.2 Å². The van der Waals surface area contributed by atoms with Gasteiger partial charge in [-0.2, -0.15) is 0 Å². The van der Waals surface area contributed by atoms with Gasteiger partial charge in [0.2, 0.25) is 0 Å². The molecule has 0 aliphatic rings. The minimum absolute atomic E-state index is 0.811. The maximum atomic E-state index is 6.05. The van der Waals surface area contributed by atoms with Gasteiger partial charge >= 0.3 is 0 Å². The standard InChI is InChI=1S/C10H9ClN2S2/c1-7-12-13-10(15-7)14-6-8-4-2-3-5-9(8)11/h2-5H,6H2,1H3. The Bertz CT molecular complexity index is 456. The summed E-state index contributed by atoms with van der Waals surface area (Å²) in [6, 6.07) is 7.87. The average Bonchev–Trinajstić information content (AvgIpc) is 2.63. The van der Waals surface area contributed by atoms with Crippen LogP contribution in [-0.2, 0) is 5.75 Å². The van der Waals surface area contributed by atoms with Gasteiger partial charge in [0.05, 0.1) is 0 Å². The summed E-state index contributed by atoms with van der Waals surface area (Å²) in [5.74, 6) is 0.842. The molecule has 2 nitrogen and oxygen atoms in total. The molecule has 0 fully saturated rings. The molecule has 1 aromatic heterocycles. The fourth-order valence-electron chi connectivity index (χ4n) is 1.09. The molecule has 0 aliphatic carbocycles. The zero-order chi connectivity index (χ0) is 10.7. The molecule has 0 bridgehead atoms. The summed E-state index contributed by atoms with van der Waals surface area (Å²) in [5.41, 5.74) is 1.14. The minimum Gasteiger partial charge on any atom is -0.143 e. The third kappa shape index (κ3) is 2.93. The number of hydrogen-bond acceptors (Lipinski definition) is 4. The third-order valence-electron chi connectivity index (χ3n) is 1.82. The molecular weight excluding hydrogens is 248 g/mol. The fraction of sp³-hybridized carbons (Fsp3) is 0.200. The number of benzene rings is 1. The maximum absolute atomic E-state index is 6.05. The van der Waals surface area contributed by atoms with Crippen molar-refractivity contribution in [3.8, 4) is 0 Å². The van der Waals surface area contributed by atoms with Crippen molar-refractivity contribution in [2.45, 2.75) is 17.0 Å². The van der Waals surface area contributed by atoms with Crippen LogP contribution in [0.2, 0.25) is 5.02 Å². The molecule has 0 saturated heterocycles. The normalized spacial score (nSPS) is 10.5. The van der Waals surface area contributed by atoms with Crippen LogP contribution in [0.25, 0.3) is 0 Å². The van der Waals surface area contributed by atoms with E-state index in [2.05, 4.69) is 10.2 Å². The molecule has 78 valence electrons. The van der Waals surface area contributed by atoms with Gasteiger partial charge in [-0.15, -0.1) is 10.2 Å². The summed E-state index contributed by atoms with van der Waals surface area (Å²) in [7, 11) is 0. The van der Waals surface area contributed by atoms with Crippen LogP contribution >= 0.6 is 34.7 Å². The predicted octanol–water partition coefficient (Wildman–Crippen LogP) is 3.79. The summed E-state index contributed by atoms with van der Waals surface area (Å²) in [6.45, 7) is 1.96. The number of thioether (sulfide) groups is 1. The Kier molecular flexibility index (Phi) is 3.61. The predicted molar refractivity (Wildman–Crippen MR) is 65.7 cm³/mol. The highest BCUT2D eigenvalue weighted by atomic mass is 35.5. The van der Waals surface area contributed by atoms with E-state index in [1.807, 2.05) is 31.2 Å². The summed E-state index contributed by atoms with van der Waals surface area (Å²) in [5, 5.41) is 9.82. The molecule has 2 aromatic rings. The molecule has 0 spiro atoms. The Morgan fingerprint density at radius 2 is 2.13 bits per heavy atom. The molecule has 0 radical (unpaired) electrons. The van der Waals surface area contributed by atoms with Gasteiger partial charge < -0.3 is 0 Å². The lowest BCUT2D eigenvalue weighted by molar-refractivity contribution is 0.983. The highest BCUT2D eigenvalue weighted by molar-refractivity contribution is 8.00. The summed E-state index contributed by atoms with van der Waals surface area (Å²) >= 11 is 9.33. The van der Waals surface area contributed by atoms with Crippen molar-refractivity contribution in [3.63, 3.8) is 0 Å². The van der Waals surface area contributed by atoms with E-state index < -0.39 is 0 Å². The first-order chi connectivity index (χ1) is 7.25. The Labute approximate surface area is 102 Å². The van der Waals surface area contributed by atoms with E-state index in [0.29, 0.717) is 0 Å². The molecule has 0 saturated carbocycles. The smallest absolute Gasteiger partial charge is 0.143 e. The van der Waals surface area contributed by atoms with Gasteiger partial charge in [0.1, 0.15) is 5.01 Å². The molecule has 0 N–H and O–H groups in total. The lowest BCUT2D eigenvalue weighted by Crippen LogP contribution is -1.81. The first-order valence-electron chi connectivity index (χ1n) is 4.42. The largest absolute Gasteiger partial charge is 0.174 e. The van der Waals surface area contributed by atoms with Gasteiger partial charge in [-0.1, -0.05) is 52.9 Å². The van der Waals surface area contributed by atoms with Gasteiger partial charge in [-0.25, -0.2) is 0 Å². The van der Waals surface area contributed by atoms with Crippen molar-refractivity contribution in [2.75, 3.05) is 0 Å². The maximum Gasteiger partial charge on any atom is 0.174 e. The topological polar surface area (TPSA) is 25.8 Å². The van der Waals surface area contributed by atoms with Crippen molar-refractivity contribution >= 4 is 34.7 Å². The molecule has 0 amide bonds. The molecule has 1 aromatic carbocycles. The molecule has 0 aliphatic heterocycles. The lowest BCUT2D eigenvalue weighted by Gasteiger charge is -2.00. The lowest BCUT2D eigenvalue weighted by atomic mass is 10.2. The minimum atomic E-state index is 0.811. The second-order valence-electron chi connectivity index (χ2n) is 2.97. The van der Waals surface area contributed by atoms with E-state index in [0.717, 1.165) is 25.7 Å². The summed E-state index contributed by atoms with van der Waals surface area (Å²) in [4.78, 5) is 0. The molecule has 2 rings (SSSR count). The Hall–Kier alpha value is -0.580. The van der Waals surface area contributed by atoms with Crippen LogP contribution in [0.1, 0.15) is 10.6 Å². The number of hydrogen-bond donors (Lipinski definition) is 0. The highest BCUT2D eigenvalue weighted by Gasteiger charge is 2.03. The summed E-state index contributed by atoms with van der Waals surface area (Å²) in [6.07, 6.45) is 0. The zero-order valence-electron chi connectivity index (χ0n) is 8.11. The van der Waals surface area contributed by atoms with Gasteiger partial charge in [-0.05, 0) is 18.6 Å². The second-order valence-corrected chi connectivity index (χ2v) is 5.78. The number of rotatable bonds is 3. The van der Waals surface area contributed by atoms with Crippen LogP contribution in [-0.4, -0.2) is 10.2 Å². The Morgan fingerprint density at radius 3 is 2.80 bits per heavy atom. The third-order valence-corrected chi connectivity index (χ3v) is 4.21. The van der Waals surface area contributed by atoms with E-state index in [1.54, 1.807) is 23.1 Å². The number of nitrogens with zero attached hydrogens (tertiary/aromatic N) is 2. The van der Waals surface area contributed by atoms with Gasteiger partial charge in [0, 0.05) is 10.8 Å². The molecule has 1 heterocycles. The quantitative estimate of drug-likeness (QED) is 0.782. The average molecular weight is 257 g/mol. The molecule has 15 heavy (non-hydrogen) atoms. The number of aromatic nitrogens is 2. The Morgan fingerprint density at radius 1 is 1.33 bits per heavy atom. The van der Waals surface area contributed by atoms with E-state index >= 15 is 0 Å². The molecular formula is C10H9ClN2S2.